The minimum atomic E-state index is 0.121. The molecule has 0 fully saturated rings. The number of aromatic amines is 1. The van der Waals surface area contributed by atoms with Gasteiger partial charge >= 0.3 is 0 Å². The number of H-pyrrole nitrogens is 1. The molecule has 0 unspecified atom stereocenters. The summed E-state index contributed by atoms with van der Waals surface area (Å²) in [4.78, 5) is 16.6. The maximum atomic E-state index is 12.0. The normalized spacial score (nSPS) is 11.2. The summed E-state index contributed by atoms with van der Waals surface area (Å²) < 4.78 is 6.01. The third-order valence-electron chi connectivity index (χ3n) is 5.05. The fraction of sp³-hybridized carbons (Fsp3) is 0.261. The summed E-state index contributed by atoms with van der Waals surface area (Å²) >= 11 is 0. The molecule has 0 aliphatic carbocycles. The summed E-state index contributed by atoms with van der Waals surface area (Å²) in [6.45, 7) is 4.12. The number of para-hydroxylation sites is 1. The summed E-state index contributed by atoms with van der Waals surface area (Å²) in [6, 6.07) is 14.1. The number of rotatable bonds is 7. The lowest BCUT2D eigenvalue weighted by molar-refractivity contribution is 0.0974. The number of hydrogen-bond donors (Lipinski definition) is 1. The summed E-state index contributed by atoms with van der Waals surface area (Å²) in [6.07, 6.45) is 4.94. The van der Waals surface area contributed by atoms with E-state index in [1.807, 2.05) is 25.1 Å². The van der Waals surface area contributed by atoms with Gasteiger partial charge in [-0.25, -0.2) is 4.98 Å². The average Bonchev–Trinajstić information content (AvgIpc) is 3.35. The van der Waals surface area contributed by atoms with Crippen LogP contribution in [0.25, 0.3) is 22.6 Å². The molecule has 0 aliphatic heterocycles. The number of unbranched alkanes of at least 4 members (excludes halogenated alkanes) is 1. The maximum Gasteiger partial charge on any atom is 0.227 e. The smallest absolute Gasteiger partial charge is 0.227 e. The molecular weight excluding hydrogens is 350 g/mol. The summed E-state index contributed by atoms with van der Waals surface area (Å²) in [5.74, 6) is 0.786. The second-order valence-electron chi connectivity index (χ2n) is 7.19. The van der Waals surface area contributed by atoms with Gasteiger partial charge in [-0.1, -0.05) is 24.3 Å². The fourth-order valence-corrected chi connectivity index (χ4v) is 3.48. The zero-order chi connectivity index (χ0) is 19.5. The van der Waals surface area contributed by atoms with Gasteiger partial charge in [-0.05, 0) is 68.0 Å². The van der Waals surface area contributed by atoms with Gasteiger partial charge in [0.05, 0.1) is 0 Å². The van der Waals surface area contributed by atoms with Gasteiger partial charge in [-0.3, -0.25) is 9.89 Å². The topological polar surface area (TPSA) is 71.8 Å². The minimum absolute atomic E-state index is 0.121. The molecule has 5 nitrogen and oxygen atoms in total. The number of aromatic nitrogens is 3. The first-order valence-corrected chi connectivity index (χ1v) is 9.60. The number of hydrogen-bond acceptors (Lipinski definition) is 4. The van der Waals surface area contributed by atoms with E-state index in [2.05, 4.69) is 40.3 Å². The molecule has 2 aromatic heterocycles. The molecular formula is C23H23N3O2. The van der Waals surface area contributed by atoms with Gasteiger partial charge in [0.15, 0.2) is 11.4 Å². The molecule has 0 atom stereocenters. The van der Waals surface area contributed by atoms with Gasteiger partial charge in [0.2, 0.25) is 5.89 Å². The van der Waals surface area contributed by atoms with Gasteiger partial charge in [0.25, 0.3) is 0 Å². The number of aryl methyl sites for hydroxylation is 3. The molecule has 0 amide bonds. The van der Waals surface area contributed by atoms with E-state index in [0.717, 1.165) is 47.1 Å². The van der Waals surface area contributed by atoms with Crippen molar-refractivity contribution in [1.82, 2.24) is 15.2 Å². The van der Waals surface area contributed by atoms with Crippen molar-refractivity contribution in [3.63, 3.8) is 0 Å². The number of nitrogens with one attached hydrogen (secondary N) is 1. The average molecular weight is 373 g/mol. The highest BCUT2D eigenvalue weighted by atomic mass is 16.3. The van der Waals surface area contributed by atoms with Crippen molar-refractivity contribution in [2.75, 3.05) is 0 Å². The second kappa shape index (κ2) is 7.80. The Balaban J connectivity index is 1.40. The predicted molar refractivity (Wildman–Crippen MR) is 109 cm³/mol. The summed E-state index contributed by atoms with van der Waals surface area (Å²) in [5, 5.41) is 6.55. The Labute approximate surface area is 163 Å². The van der Waals surface area contributed by atoms with Crippen LogP contribution in [-0.4, -0.2) is 21.0 Å². The van der Waals surface area contributed by atoms with Crippen molar-refractivity contribution in [3.05, 3.63) is 71.0 Å². The van der Waals surface area contributed by atoms with E-state index >= 15 is 0 Å². The first-order chi connectivity index (χ1) is 13.6. The molecule has 28 heavy (non-hydrogen) atoms. The second-order valence-corrected chi connectivity index (χ2v) is 7.19. The van der Waals surface area contributed by atoms with Crippen molar-refractivity contribution in [3.8, 4) is 11.5 Å². The number of ketones is 1. The number of oxazole rings is 1. The molecule has 0 aliphatic rings. The monoisotopic (exact) mass is 373 g/mol. The van der Waals surface area contributed by atoms with Crippen LogP contribution >= 0.6 is 0 Å². The Bertz CT molecular complexity index is 1110. The lowest BCUT2D eigenvalue weighted by Crippen LogP contribution is -2.00. The Morgan fingerprint density at radius 2 is 1.96 bits per heavy atom. The summed E-state index contributed by atoms with van der Waals surface area (Å²) in [5.41, 5.74) is 6.86. The van der Waals surface area contributed by atoms with E-state index < -0.39 is 0 Å². The van der Waals surface area contributed by atoms with E-state index in [4.69, 9.17) is 4.42 Å². The van der Waals surface area contributed by atoms with Crippen molar-refractivity contribution < 1.29 is 9.21 Å². The fourth-order valence-electron chi connectivity index (χ4n) is 3.48. The minimum Gasteiger partial charge on any atom is -0.436 e. The largest absolute Gasteiger partial charge is 0.436 e. The van der Waals surface area contributed by atoms with Gasteiger partial charge < -0.3 is 4.42 Å². The molecule has 2 aromatic carbocycles. The highest BCUT2D eigenvalue weighted by Crippen LogP contribution is 2.29. The third kappa shape index (κ3) is 3.74. The first kappa shape index (κ1) is 18.2. The van der Waals surface area contributed by atoms with Gasteiger partial charge in [0, 0.05) is 18.2 Å². The quantitative estimate of drug-likeness (QED) is 0.346. The van der Waals surface area contributed by atoms with Crippen LogP contribution < -0.4 is 0 Å². The van der Waals surface area contributed by atoms with Crippen molar-refractivity contribution in [2.24, 2.45) is 0 Å². The van der Waals surface area contributed by atoms with Crippen LogP contribution in [0.4, 0.5) is 0 Å². The van der Waals surface area contributed by atoms with Gasteiger partial charge in [-0.15, -0.1) is 0 Å². The molecule has 4 aromatic rings. The molecule has 142 valence electrons. The number of carbonyl (C=O) groups excluding carboxylic acids is 1. The molecule has 0 saturated heterocycles. The summed E-state index contributed by atoms with van der Waals surface area (Å²) in [7, 11) is 0. The Morgan fingerprint density at radius 3 is 2.71 bits per heavy atom. The molecule has 0 bridgehead atoms. The Morgan fingerprint density at radius 1 is 1.07 bits per heavy atom. The van der Waals surface area contributed by atoms with E-state index in [-0.39, 0.29) is 5.78 Å². The highest BCUT2D eigenvalue weighted by molar-refractivity contribution is 5.94. The standard InChI is InChI=1S/C23H23N3O2/c1-15-6-5-8-20-22(15)28-23(25-20)18-11-10-17(14-16(18)2)7-3-4-9-21(27)19-12-13-24-26-19/h5-6,8,10-14H,3-4,7,9H2,1-2H3,(H,24,26). The maximum absolute atomic E-state index is 12.0. The van der Waals surface area contributed by atoms with E-state index in [1.54, 1.807) is 12.3 Å². The van der Waals surface area contributed by atoms with Crippen LogP contribution in [0.15, 0.2) is 53.1 Å². The molecule has 1 N–H and O–H groups in total. The number of benzene rings is 2. The molecule has 4 rings (SSSR count). The number of carbonyl (C=O) groups is 1. The van der Waals surface area contributed by atoms with Gasteiger partial charge in [-0.2, -0.15) is 5.10 Å². The van der Waals surface area contributed by atoms with Gasteiger partial charge in [0.1, 0.15) is 11.2 Å². The number of nitrogens with zero attached hydrogens (tertiary/aromatic N) is 2. The Hall–Kier alpha value is -3.21. The van der Waals surface area contributed by atoms with Crippen molar-refractivity contribution in [2.45, 2.75) is 39.5 Å². The van der Waals surface area contributed by atoms with E-state index in [0.29, 0.717) is 18.0 Å². The van der Waals surface area contributed by atoms with Crippen LogP contribution in [0.1, 0.15) is 46.4 Å². The highest BCUT2D eigenvalue weighted by Gasteiger charge is 2.12. The zero-order valence-corrected chi connectivity index (χ0v) is 16.2. The van der Waals surface area contributed by atoms with Crippen LogP contribution in [-0.2, 0) is 6.42 Å². The Kier molecular flexibility index (Phi) is 5.06. The molecule has 5 heteroatoms. The lowest BCUT2D eigenvalue weighted by atomic mass is 10.0. The first-order valence-electron chi connectivity index (χ1n) is 9.60. The number of Topliss-reactive ketones (excluding diaryl/α,β-unsaturated/α-hetero) is 1. The SMILES string of the molecule is Cc1cc(CCCCC(=O)c2ccn[nH]2)ccc1-c1nc2cccc(C)c2o1. The molecule has 0 radical (unpaired) electrons. The molecule has 0 saturated carbocycles. The molecule has 2 heterocycles. The van der Waals surface area contributed by atoms with E-state index in [9.17, 15) is 4.79 Å². The van der Waals surface area contributed by atoms with Crippen LogP contribution in [0, 0.1) is 13.8 Å². The van der Waals surface area contributed by atoms with Crippen LogP contribution in [0.5, 0.6) is 0 Å². The van der Waals surface area contributed by atoms with Crippen molar-refractivity contribution >= 4 is 16.9 Å². The van der Waals surface area contributed by atoms with Crippen LogP contribution in [0.3, 0.4) is 0 Å². The zero-order valence-electron chi connectivity index (χ0n) is 16.2. The number of fused-ring (bicyclic) bond motifs is 1. The van der Waals surface area contributed by atoms with Crippen molar-refractivity contribution in [1.29, 1.82) is 0 Å². The predicted octanol–water partition coefficient (Wildman–Crippen LogP) is 5.43. The lowest BCUT2D eigenvalue weighted by Gasteiger charge is -2.06. The third-order valence-corrected chi connectivity index (χ3v) is 5.05. The molecule has 0 spiro atoms. The van der Waals surface area contributed by atoms with Crippen LogP contribution in [0.2, 0.25) is 0 Å². The van der Waals surface area contributed by atoms with E-state index in [1.165, 1.54) is 5.56 Å².